The van der Waals surface area contributed by atoms with Crippen molar-refractivity contribution in [2.24, 2.45) is 5.73 Å². The van der Waals surface area contributed by atoms with Crippen molar-refractivity contribution in [3.05, 3.63) is 29.3 Å². The molecule has 0 amide bonds. The Morgan fingerprint density at radius 2 is 2.05 bits per heavy atom. The summed E-state index contributed by atoms with van der Waals surface area (Å²) in [6.45, 7) is 2.87. The fraction of sp³-hybridized carbons (Fsp3) is 0.562. The van der Waals surface area contributed by atoms with Crippen LogP contribution < -0.4 is 10.6 Å². The molecule has 0 saturated heterocycles. The second-order valence-corrected chi connectivity index (χ2v) is 6.03. The molecule has 0 atom stereocenters. The third kappa shape index (κ3) is 3.49. The van der Waals surface area contributed by atoms with E-state index >= 15 is 0 Å². The standard InChI is InChI=1S/C16H24N2OS/c1-12-7-8-14(16(17)20)15(11-12)18(9-10-19)13-5-3-2-4-6-13/h7-8,11,13,19H,2-6,9-10H2,1H3,(H2,17,20). The van der Waals surface area contributed by atoms with Crippen molar-refractivity contribution >= 4 is 22.9 Å². The Morgan fingerprint density at radius 3 is 2.65 bits per heavy atom. The van der Waals surface area contributed by atoms with Crippen LogP contribution in [0, 0.1) is 6.92 Å². The number of nitrogens with two attached hydrogens (primary N) is 1. The van der Waals surface area contributed by atoms with Crippen molar-refractivity contribution in [3.63, 3.8) is 0 Å². The van der Waals surface area contributed by atoms with Crippen LogP contribution in [-0.4, -0.2) is 29.3 Å². The first-order chi connectivity index (χ1) is 9.63. The zero-order valence-corrected chi connectivity index (χ0v) is 13.0. The average Bonchev–Trinajstić information content (AvgIpc) is 2.45. The second kappa shape index (κ2) is 7.04. The molecule has 0 radical (unpaired) electrons. The van der Waals surface area contributed by atoms with E-state index in [1.807, 2.05) is 12.1 Å². The molecule has 1 fully saturated rings. The lowest BCUT2D eigenvalue weighted by Crippen LogP contribution is -2.40. The maximum atomic E-state index is 9.42. The van der Waals surface area contributed by atoms with Gasteiger partial charge in [0.1, 0.15) is 4.99 Å². The summed E-state index contributed by atoms with van der Waals surface area (Å²) in [5.41, 5.74) is 9.07. The summed E-state index contributed by atoms with van der Waals surface area (Å²) in [5.74, 6) is 0. The minimum Gasteiger partial charge on any atom is -0.395 e. The van der Waals surface area contributed by atoms with Crippen molar-refractivity contribution in [2.45, 2.75) is 45.1 Å². The molecule has 110 valence electrons. The van der Waals surface area contributed by atoms with E-state index in [0.29, 0.717) is 17.6 Å². The van der Waals surface area contributed by atoms with Crippen LogP contribution in [-0.2, 0) is 0 Å². The van der Waals surface area contributed by atoms with Crippen LogP contribution in [0.5, 0.6) is 0 Å². The number of aliphatic hydroxyl groups is 1. The first-order valence-corrected chi connectivity index (χ1v) is 7.82. The second-order valence-electron chi connectivity index (χ2n) is 5.59. The predicted molar refractivity (Wildman–Crippen MR) is 88.4 cm³/mol. The van der Waals surface area contributed by atoms with Crippen LogP contribution in [0.25, 0.3) is 0 Å². The zero-order chi connectivity index (χ0) is 14.5. The van der Waals surface area contributed by atoms with E-state index in [4.69, 9.17) is 18.0 Å². The van der Waals surface area contributed by atoms with Crippen molar-refractivity contribution in [1.29, 1.82) is 0 Å². The van der Waals surface area contributed by atoms with Crippen LogP contribution >= 0.6 is 12.2 Å². The van der Waals surface area contributed by atoms with Gasteiger partial charge in [-0.25, -0.2) is 0 Å². The summed E-state index contributed by atoms with van der Waals surface area (Å²) in [5, 5.41) is 9.42. The Kier molecular flexibility index (Phi) is 5.38. The summed E-state index contributed by atoms with van der Waals surface area (Å²) >= 11 is 5.19. The van der Waals surface area contributed by atoms with Gasteiger partial charge in [0, 0.05) is 23.8 Å². The van der Waals surface area contributed by atoms with E-state index in [2.05, 4.69) is 17.9 Å². The molecule has 0 aromatic heterocycles. The van der Waals surface area contributed by atoms with E-state index in [1.165, 1.54) is 37.7 Å². The van der Waals surface area contributed by atoms with E-state index in [-0.39, 0.29) is 6.61 Å². The number of nitrogens with zero attached hydrogens (tertiary/aromatic N) is 1. The van der Waals surface area contributed by atoms with Crippen LogP contribution in [0.4, 0.5) is 5.69 Å². The van der Waals surface area contributed by atoms with Gasteiger partial charge in [-0.1, -0.05) is 37.5 Å². The fourth-order valence-electron chi connectivity index (χ4n) is 3.09. The number of aliphatic hydroxyl groups excluding tert-OH is 1. The van der Waals surface area contributed by atoms with Crippen LogP contribution in [0.1, 0.15) is 43.2 Å². The maximum Gasteiger partial charge on any atom is 0.106 e. The minimum absolute atomic E-state index is 0.154. The Morgan fingerprint density at radius 1 is 1.35 bits per heavy atom. The van der Waals surface area contributed by atoms with E-state index in [9.17, 15) is 5.11 Å². The Hall–Kier alpha value is -1.13. The van der Waals surface area contributed by atoms with E-state index < -0.39 is 0 Å². The lowest BCUT2D eigenvalue weighted by atomic mass is 9.93. The number of benzene rings is 1. The smallest absolute Gasteiger partial charge is 0.106 e. The largest absolute Gasteiger partial charge is 0.395 e. The number of rotatable bonds is 5. The van der Waals surface area contributed by atoms with Gasteiger partial charge in [0.15, 0.2) is 0 Å². The highest BCUT2D eigenvalue weighted by Gasteiger charge is 2.23. The van der Waals surface area contributed by atoms with Gasteiger partial charge >= 0.3 is 0 Å². The topological polar surface area (TPSA) is 49.5 Å². The lowest BCUT2D eigenvalue weighted by molar-refractivity contribution is 0.290. The van der Waals surface area contributed by atoms with E-state index in [0.717, 1.165) is 11.3 Å². The first-order valence-electron chi connectivity index (χ1n) is 7.41. The van der Waals surface area contributed by atoms with Gasteiger partial charge in [-0.3, -0.25) is 0 Å². The molecule has 20 heavy (non-hydrogen) atoms. The number of hydrogen-bond acceptors (Lipinski definition) is 3. The molecule has 1 aromatic rings. The number of anilines is 1. The zero-order valence-electron chi connectivity index (χ0n) is 12.1. The Bertz CT molecular complexity index is 470. The number of hydrogen-bond donors (Lipinski definition) is 2. The SMILES string of the molecule is Cc1ccc(C(N)=S)c(N(CCO)C2CCCCC2)c1. The van der Waals surface area contributed by atoms with Crippen LogP contribution in [0.3, 0.4) is 0 Å². The van der Waals surface area contributed by atoms with Gasteiger partial charge in [-0.05, 0) is 37.5 Å². The average molecular weight is 292 g/mol. The molecule has 3 N–H and O–H groups in total. The highest BCUT2D eigenvalue weighted by Crippen LogP contribution is 2.30. The highest BCUT2D eigenvalue weighted by molar-refractivity contribution is 7.80. The molecule has 1 aliphatic carbocycles. The van der Waals surface area contributed by atoms with Crippen LogP contribution in [0.15, 0.2) is 18.2 Å². The summed E-state index contributed by atoms with van der Waals surface area (Å²) in [7, 11) is 0. The van der Waals surface area contributed by atoms with Crippen molar-refractivity contribution in [3.8, 4) is 0 Å². The molecule has 3 nitrogen and oxygen atoms in total. The highest BCUT2D eigenvalue weighted by atomic mass is 32.1. The summed E-state index contributed by atoms with van der Waals surface area (Å²) in [4.78, 5) is 2.74. The van der Waals surface area contributed by atoms with Crippen molar-refractivity contribution < 1.29 is 5.11 Å². The number of aryl methyl sites for hydroxylation is 1. The molecule has 0 aliphatic heterocycles. The minimum atomic E-state index is 0.154. The molecule has 1 saturated carbocycles. The molecule has 0 heterocycles. The molecule has 0 bridgehead atoms. The van der Waals surface area contributed by atoms with Crippen molar-refractivity contribution in [1.82, 2.24) is 0 Å². The lowest BCUT2D eigenvalue weighted by Gasteiger charge is -2.37. The maximum absolute atomic E-state index is 9.42. The third-order valence-corrected chi connectivity index (χ3v) is 4.30. The molecule has 1 aromatic carbocycles. The van der Waals surface area contributed by atoms with Gasteiger partial charge in [0.05, 0.1) is 6.61 Å². The molecule has 2 rings (SSSR count). The predicted octanol–water partition coefficient (Wildman–Crippen LogP) is 2.76. The summed E-state index contributed by atoms with van der Waals surface area (Å²) < 4.78 is 0. The fourth-order valence-corrected chi connectivity index (χ4v) is 3.26. The van der Waals surface area contributed by atoms with Crippen LogP contribution in [0.2, 0.25) is 0 Å². The number of thiocarbonyl (C=S) groups is 1. The first kappa shape index (κ1) is 15.3. The molecular formula is C16H24N2OS. The van der Waals surface area contributed by atoms with E-state index in [1.54, 1.807) is 0 Å². The monoisotopic (exact) mass is 292 g/mol. The molecule has 1 aliphatic rings. The summed E-state index contributed by atoms with van der Waals surface area (Å²) in [6.07, 6.45) is 6.22. The van der Waals surface area contributed by atoms with Gasteiger partial charge in [-0.2, -0.15) is 0 Å². The quantitative estimate of drug-likeness (QED) is 0.819. The molecule has 4 heteroatoms. The molecule has 0 unspecified atom stereocenters. The van der Waals surface area contributed by atoms with Gasteiger partial charge in [0.25, 0.3) is 0 Å². The third-order valence-electron chi connectivity index (χ3n) is 4.08. The Labute approximate surface area is 126 Å². The molecular weight excluding hydrogens is 268 g/mol. The van der Waals surface area contributed by atoms with Gasteiger partial charge < -0.3 is 15.7 Å². The van der Waals surface area contributed by atoms with Gasteiger partial charge in [-0.15, -0.1) is 0 Å². The normalized spacial score (nSPS) is 16.1. The van der Waals surface area contributed by atoms with Gasteiger partial charge in [0.2, 0.25) is 0 Å². The Balaban J connectivity index is 2.36. The summed E-state index contributed by atoms with van der Waals surface area (Å²) in [6, 6.07) is 6.67. The molecule has 0 spiro atoms. The van der Waals surface area contributed by atoms with Crippen molar-refractivity contribution in [2.75, 3.05) is 18.1 Å².